The van der Waals surface area contributed by atoms with Crippen molar-refractivity contribution in [2.45, 2.75) is 26.4 Å². The molecule has 26 heavy (non-hydrogen) atoms. The van der Waals surface area contributed by atoms with E-state index in [0.29, 0.717) is 36.0 Å². The van der Waals surface area contributed by atoms with Crippen LogP contribution < -0.4 is 15.4 Å². The van der Waals surface area contributed by atoms with E-state index in [0.717, 1.165) is 19.5 Å². The fraction of sp³-hybridized carbons (Fsp3) is 0.389. The van der Waals surface area contributed by atoms with E-state index < -0.39 is 0 Å². The van der Waals surface area contributed by atoms with Gasteiger partial charge in [0.2, 0.25) is 11.7 Å². The van der Waals surface area contributed by atoms with Gasteiger partial charge in [0.15, 0.2) is 6.61 Å². The number of aryl methyl sites for hydroxylation is 1. The molecule has 0 bridgehead atoms. The summed E-state index contributed by atoms with van der Waals surface area (Å²) in [4.78, 5) is 16.4. The van der Waals surface area contributed by atoms with E-state index in [1.807, 2.05) is 6.92 Å². The maximum absolute atomic E-state index is 12.2. The Hall–Kier alpha value is -2.38. The first-order valence-electron chi connectivity index (χ1n) is 8.45. The Morgan fingerprint density at radius 2 is 2.15 bits per heavy atom. The lowest BCUT2D eigenvalue weighted by Crippen LogP contribution is -2.29. The number of hydrogen-bond acceptors (Lipinski definition) is 6. The molecule has 140 valence electrons. The number of hydrogen-bond donors (Lipinski definition) is 2. The maximum Gasteiger partial charge on any atom is 0.251 e. The lowest BCUT2D eigenvalue weighted by molar-refractivity contribution is 0.0956. The molecule has 2 N–H and O–H groups in total. The van der Waals surface area contributed by atoms with E-state index in [9.17, 15) is 4.79 Å². The minimum atomic E-state index is -0.0864. The Morgan fingerprint density at radius 3 is 2.81 bits per heavy atom. The van der Waals surface area contributed by atoms with Crippen molar-refractivity contribution in [1.29, 1.82) is 0 Å². The lowest BCUT2D eigenvalue weighted by Gasteiger charge is -2.14. The molecule has 2 heterocycles. The molecule has 1 amide bonds. The van der Waals surface area contributed by atoms with Crippen LogP contribution in [0.25, 0.3) is 0 Å². The number of carbonyl (C=O) groups is 1. The number of nitrogens with one attached hydrogen (secondary N) is 2. The van der Waals surface area contributed by atoms with E-state index in [1.165, 1.54) is 5.57 Å². The summed E-state index contributed by atoms with van der Waals surface area (Å²) in [5.74, 6) is 1.67. The first kappa shape index (κ1) is 19.9. The molecule has 0 fully saturated rings. The van der Waals surface area contributed by atoms with Crippen LogP contribution in [0.4, 0.5) is 0 Å². The molecule has 1 aromatic carbocycles. The van der Waals surface area contributed by atoms with Crippen LogP contribution in [0.15, 0.2) is 40.4 Å². The summed E-state index contributed by atoms with van der Waals surface area (Å²) in [5, 5.41) is 10.0. The fourth-order valence-electron chi connectivity index (χ4n) is 2.47. The number of aromatic nitrogens is 2. The van der Waals surface area contributed by atoms with Crippen molar-refractivity contribution in [3.8, 4) is 5.75 Å². The number of halogens is 1. The van der Waals surface area contributed by atoms with Crippen molar-refractivity contribution < 1.29 is 14.1 Å². The topological polar surface area (TPSA) is 89.3 Å². The molecule has 3 rings (SSSR count). The molecule has 2 aromatic rings. The highest BCUT2D eigenvalue weighted by molar-refractivity contribution is 5.94. The minimum Gasteiger partial charge on any atom is -0.485 e. The summed E-state index contributed by atoms with van der Waals surface area (Å²) in [7, 11) is 0. The zero-order valence-electron chi connectivity index (χ0n) is 14.7. The molecule has 1 aliphatic rings. The van der Waals surface area contributed by atoms with E-state index in [2.05, 4.69) is 26.9 Å². The number of benzene rings is 1. The van der Waals surface area contributed by atoms with Crippen LogP contribution in [0.5, 0.6) is 5.75 Å². The first-order valence-corrected chi connectivity index (χ1v) is 8.45. The Labute approximate surface area is 158 Å². The van der Waals surface area contributed by atoms with Crippen molar-refractivity contribution in [3.05, 3.63) is 53.2 Å². The summed E-state index contributed by atoms with van der Waals surface area (Å²) >= 11 is 0. The van der Waals surface area contributed by atoms with Gasteiger partial charge in [-0.3, -0.25) is 4.79 Å². The average molecular weight is 379 g/mol. The standard InChI is InChI=1S/C18H22N4O3.ClH/c1-2-17-21-16(22-25-17)12-24-15-5-3-14(4-6-15)18(23)20-11-13-7-9-19-10-8-13;/h3-7,19H,2,8-12H2,1H3,(H,20,23);1H. The maximum atomic E-state index is 12.2. The van der Waals surface area contributed by atoms with E-state index in [-0.39, 0.29) is 24.9 Å². The molecule has 0 unspecified atom stereocenters. The number of carbonyl (C=O) groups excluding carboxylic acids is 1. The largest absolute Gasteiger partial charge is 0.485 e. The van der Waals surface area contributed by atoms with Gasteiger partial charge in [0.25, 0.3) is 5.91 Å². The molecular weight excluding hydrogens is 356 g/mol. The van der Waals surface area contributed by atoms with Crippen LogP contribution >= 0.6 is 12.4 Å². The van der Waals surface area contributed by atoms with Gasteiger partial charge in [0.1, 0.15) is 5.75 Å². The van der Waals surface area contributed by atoms with Gasteiger partial charge >= 0.3 is 0 Å². The number of amides is 1. The lowest BCUT2D eigenvalue weighted by atomic mass is 10.1. The molecular formula is C18H23ClN4O3. The minimum absolute atomic E-state index is 0. The van der Waals surface area contributed by atoms with E-state index in [1.54, 1.807) is 24.3 Å². The van der Waals surface area contributed by atoms with Crippen molar-refractivity contribution in [3.63, 3.8) is 0 Å². The second-order valence-corrected chi connectivity index (χ2v) is 5.77. The van der Waals surface area contributed by atoms with Crippen LogP contribution in [0.1, 0.15) is 35.4 Å². The third-order valence-corrected chi connectivity index (χ3v) is 3.93. The molecule has 0 radical (unpaired) electrons. The molecule has 0 aliphatic carbocycles. The summed E-state index contributed by atoms with van der Waals surface area (Å²) in [6, 6.07) is 7.02. The zero-order chi connectivity index (χ0) is 17.5. The zero-order valence-corrected chi connectivity index (χ0v) is 15.5. The molecule has 0 spiro atoms. The summed E-state index contributed by atoms with van der Waals surface area (Å²) in [5.41, 5.74) is 1.87. The van der Waals surface area contributed by atoms with Gasteiger partial charge < -0.3 is 19.9 Å². The highest BCUT2D eigenvalue weighted by Crippen LogP contribution is 2.14. The van der Waals surface area contributed by atoms with Crippen LogP contribution in [-0.2, 0) is 13.0 Å². The molecule has 0 atom stereocenters. The molecule has 8 heteroatoms. The SMILES string of the molecule is CCc1nc(COc2ccc(C(=O)NCC3=CCNCC3)cc2)no1.Cl. The molecule has 7 nitrogen and oxygen atoms in total. The van der Waals surface area contributed by atoms with Gasteiger partial charge in [-0.1, -0.05) is 23.7 Å². The van der Waals surface area contributed by atoms with E-state index >= 15 is 0 Å². The highest BCUT2D eigenvalue weighted by atomic mass is 35.5. The van der Waals surface area contributed by atoms with Gasteiger partial charge in [-0.05, 0) is 37.2 Å². The predicted octanol–water partition coefficient (Wildman–Crippen LogP) is 2.28. The van der Waals surface area contributed by atoms with Gasteiger partial charge in [-0.25, -0.2) is 0 Å². The Bertz CT molecular complexity index is 743. The fourth-order valence-corrected chi connectivity index (χ4v) is 2.47. The van der Waals surface area contributed by atoms with Gasteiger partial charge in [-0.15, -0.1) is 12.4 Å². The van der Waals surface area contributed by atoms with Crippen molar-refractivity contribution in [2.75, 3.05) is 19.6 Å². The molecule has 0 saturated heterocycles. The summed E-state index contributed by atoms with van der Waals surface area (Å²) in [6.07, 6.45) is 3.80. The molecule has 0 saturated carbocycles. The second-order valence-electron chi connectivity index (χ2n) is 5.77. The molecule has 1 aliphatic heterocycles. The Balaban J connectivity index is 0.00000243. The van der Waals surface area contributed by atoms with Crippen LogP contribution in [0, 0.1) is 0 Å². The van der Waals surface area contributed by atoms with E-state index in [4.69, 9.17) is 9.26 Å². The monoisotopic (exact) mass is 378 g/mol. The van der Waals surface area contributed by atoms with Crippen molar-refractivity contribution in [1.82, 2.24) is 20.8 Å². The third-order valence-electron chi connectivity index (χ3n) is 3.93. The van der Waals surface area contributed by atoms with Gasteiger partial charge in [-0.2, -0.15) is 4.98 Å². The second kappa shape index (κ2) is 9.94. The normalized spacial score (nSPS) is 13.5. The summed E-state index contributed by atoms with van der Waals surface area (Å²) in [6.45, 7) is 4.61. The van der Waals surface area contributed by atoms with Crippen LogP contribution in [0.3, 0.4) is 0 Å². The smallest absolute Gasteiger partial charge is 0.251 e. The average Bonchev–Trinajstić information content (AvgIpc) is 3.14. The predicted molar refractivity (Wildman–Crippen MR) is 99.6 cm³/mol. The highest BCUT2D eigenvalue weighted by Gasteiger charge is 2.09. The number of ether oxygens (including phenoxy) is 1. The molecule has 1 aromatic heterocycles. The summed E-state index contributed by atoms with van der Waals surface area (Å²) < 4.78 is 10.6. The van der Waals surface area contributed by atoms with Crippen LogP contribution in [0.2, 0.25) is 0 Å². The van der Waals surface area contributed by atoms with Crippen molar-refractivity contribution >= 4 is 18.3 Å². The quantitative estimate of drug-likeness (QED) is 0.718. The first-order chi connectivity index (χ1) is 12.2. The number of rotatable bonds is 7. The van der Waals surface area contributed by atoms with Crippen molar-refractivity contribution in [2.24, 2.45) is 0 Å². The Kier molecular flexibility index (Phi) is 7.62. The van der Waals surface area contributed by atoms with Crippen LogP contribution in [-0.4, -0.2) is 35.7 Å². The number of nitrogens with zero attached hydrogens (tertiary/aromatic N) is 2. The Morgan fingerprint density at radius 1 is 1.35 bits per heavy atom. The van der Waals surface area contributed by atoms with Gasteiger partial charge in [0.05, 0.1) is 0 Å². The third kappa shape index (κ3) is 5.57. The van der Waals surface area contributed by atoms with Gasteiger partial charge in [0, 0.05) is 25.1 Å².